The largest absolute Gasteiger partial charge is 0.381 e. The standard InChI is InChI=1S/C15H27N3O2S/c1-4-7-16-10-14-13(11-19-3)17-15(21-14)18(2)12-5-8-20-9-6-12/h12,16H,4-11H2,1-3H3. The summed E-state index contributed by atoms with van der Waals surface area (Å²) in [5, 5.41) is 4.56. The number of hydrogen-bond acceptors (Lipinski definition) is 6. The molecule has 1 aromatic rings. The second-order valence-electron chi connectivity index (χ2n) is 5.43. The summed E-state index contributed by atoms with van der Waals surface area (Å²) in [7, 11) is 3.87. The van der Waals surface area contributed by atoms with Crippen LogP contribution in [0.3, 0.4) is 0 Å². The number of methoxy groups -OCH3 is 1. The zero-order chi connectivity index (χ0) is 15.1. The Morgan fingerprint density at radius 1 is 1.43 bits per heavy atom. The van der Waals surface area contributed by atoms with Gasteiger partial charge in [-0.25, -0.2) is 4.98 Å². The molecule has 0 spiro atoms. The fourth-order valence-electron chi connectivity index (χ4n) is 2.52. The Hall–Kier alpha value is -0.690. The summed E-state index contributed by atoms with van der Waals surface area (Å²) < 4.78 is 10.7. The zero-order valence-corrected chi connectivity index (χ0v) is 14.2. The summed E-state index contributed by atoms with van der Waals surface area (Å²) in [6.07, 6.45) is 3.31. The van der Waals surface area contributed by atoms with Gasteiger partial charge in [0.2, 0.25) is 0 Å². The lowest BCUT2D eigenvalue weighted by atomic mass is 10.1. The Morgan fingerprint density at radius 3 is 2.86 bits per heavy atom. The molecule has 1 N–H and O–H groups in total. The molecule has 0 bridgehead atoms. The van der Waals surface area contributed by atoms with Crippen LogP contribution >= 0.6 is 11.3 Å². The molecule has 0 amide bonds. The Morgan fingerprint density at radius 2 is 2.19 bits per heavy atom. The van der Waals surface area contributed by atoms with Gasteiger partial charge in [0.1, 0.15) is 0 Å². The molecule has 0 saturated carbocycles. The number of nitrogens with zero attached hydrogens (tertiary/aromatic N) is 2. The topological polar surface area (TPSA) is 46.6 Å². The number of ether oxygens (including phenoxy) is 2. The third-order valence-corrected chi connectivity index (χ3v) is 4.99. The van der Waals surface area contributed by atoms with Gasteiger partial charge in [0.25, 0.3) is 0 Å². The molecule has 0 atom stereocenters. The number of rotatable bonds is 8. The molecule has 0 radical (unpaired) electrons. The van der Waals surface area contributed by atoms with Gasteiger partial charge in [-0.05, 0) is 25.8 Å². The van der Waals surface area contributed by atoms with Crippen LogP contribution in [0, 0.1) is 0 Å². The van der Waals surface area contributed by atoms with Crippen molar-refractivity contribution in [2.24, 2.45) is 0 Å². The first-order valence-corrected chi connectivity index (χ1v) is 8.56. The fourth-order valence-corrected chi connectivity index (χ4v) is 3.58. The minimum Gasteiger partial charge on any atom is -0.381 e. The fraction of sp³-hybridized carbons (Fsp3) is 0.800. The van der Waals surface area contributed by atoms with Crippen LogP contribution in [-0.4, -0.2) is 44.9 Å². The van der Waals surface area contributed by atoms with Crippen molar-refractivity contribution in [3.05, 3.63) is 10.6 Å². The third-order valence-electron chi connectivity index (χ3n) is 3.80. The van der Waals surface area contributed by atoms with Crippen molar-refractivity contribution in [2.45, 2.75) is 45.4 Å². The Bertz CT molecular complexity index is 419. The summed E-state index contributed by atoms with van der Waals surface area (Å²) >= 11 is 1.78. The first-order chi connectivity index (χ1) is 10.3. The molecule has 2 heterocycles. The predicted molar refractivity (Wildman–Crippen MR) is 87.1 cm³/mol. The molecule has 0 aromatic carbocycles. The second-order valence-corrected chi connectivity index (χ2v) is 6.49. The number of anilines is 1. The van der Waals surface area contributed by atoms with E-state index in [9.17, 15) is 0 Å². The maximum Gasteiger partial charge on any atom is 0.185 e. The van der Waals surface area contributed by atoms with E-state index in [0.29, 0.717) is 12.6 Å². The predicted octanol–water partition coefficient (Wildman–Crippen LogP) is 2.40. The third kappa shape index (κ3) is 4.64. The molecule has 2 rings (SSSR count). The maximum absolute atomic E-state index is 5.45. The molecule has 1 saturated heterocycles. The van der Waals surface area contributed by atoms with E-state index in [4.69, 9.17) is 14.5 Å². The Kier molecular flexibility index (Phi) is 6.89. The molecule has 5 nitrogen and oxygen atoms in total. The normalized spacial score (nSPS) is 16.3. The molecule has 120 valence electrons. The van der Waals surface area contributed by atoms with Gasteiger partial charge < -0.3 is 19.7 Å². The summed E-state index contributed by atoms with van der Waals surface area (Å²) in [4.78, 5) is 8.40. The molecule has 0 aliphatic carbocycles. The summed E-state index contributed by atoms with van der Waals surface area (Å²) in [5.41, 5.74) is 1.07. The Labute approximate surface area is 131 Å². The van der Waals surface area contributed by atoms with Gasteiger partial charge in [-0.2, -0.15) is 0 Å². The van der Waals surface area contributed by atoms with Crippen molar-refractivity contribution in [3.63, 3.8) is 0 Å². The van der Waals surface area contributed by atoms with Gasteiger partial charge in [-0.15, -0.1) is 11.3 Å². The van der Waals surface area contributed by atoms with E-state index in [1.807, 2.05) is 0 Å². The van der Waals surface area contributed by atoms with Crippen LogP contribution in [0.4, 0.5) is 5.13 Å². The van der Waals surface area contributed by atoms with Crippen LogP contribution in [0.15, 0.2) is 0 Å². The van der Waals surface area contributed by atoms with Crippen LogP contribution in [-0.2, 0) is 22.6 Å². The first-order valence-electron chi connectivity index (χ1n) is 7.75. The minimum atomic E-state index is 0.539. The Balaban J connectivity index is 2.05. The molecule has 6 heteroatoms. The van der Waals surface area contributed by atoms with Crippen LogP contribution in [0.5, 0.6) is 0 Å². The van der Waals surface area contributed by atoms with Gasteiger partial charge in [-0.1, -0.05) is 6.92 Å². The van der Waals surface area contributed by atoms with Gasteiger partial charge in [0, 0.05) is 44.8 Å². The van der Waals surface area contributed by atoms with E-state index in [0.717, 1.165) is 56.4 Å². The average Bonchev–Trinajstić information content (AvgIpc) is 2.91. The van der Waals surface area contributed by atoms with E-state index in [1.165, 1.54) is 4.88 Å². The van der Waals surface area contributed by atoms with Gasteiger partial charge in [-0.3, -0.25) is 0 Å². The highest BCUT2D eigenvalue weighted by Gasteiger charge is 2.22. The lowest BCUT2D eigenvalue weighted by molar-refractivity contribution is 0.0854. The van der Waals surface area contributed by atoms with Crippen LogP contribution in [0.1, 0.15) is 36.8 Å². The van der Waals surface area contributed by atoms with E-state index in [2.05, 4.69) is 24.2 Å². The molecule has 21 heavy (non-hydrogen) atoms. The van der Waals surface area contributed by atoms with Crippen molar-refractivity contribution in [1.29, 1.82) is 0 Å². The molecule has 1 aliphatic rings. The SMILES string of the molecule is CCCNCc1sc(N(C)C2CCOCC2)nc1COC. The smallest absolute Gasteiger partial charge is 0.185 e. The van der Waals surface area contributed by atoms with Gasteiger partial charge in [0.15, 0.2) is 5.13 Å². The highest BCUT2D eigenvalue weighted by Crippen LogP contribution is 2.29. The van der Waals surface area contributed by atoms with Crippen molar-refractivity contribution < 1.29 is 9.47 Å². The highest BCUT2D eigenvalue weighted by atomic mass is 32.1. The lowest BCUT2D eigenvalue weighted by Gasteiger charge is -2.30. The maximum atomic E-state index is 5.45. The first kappa shape index (κ1) is 16.7. The molecular formula is C15H27N3O2S. The molecule has 1 aliphatic heterocycles. The molecular weight excluding hydrogens is 286 g/mol. The summed E-state index contributed by atoms with van der Waals surface area (Å²) in [6, 6.07) is 0.539. The molecule has 0 unspecified atom stereocenters. The number of nitrogens with one attached hydrogen (secondary N) is 1. The van der Waals surface area contributed by atoms with Crippen LogP contribution in [0.2, 0.25) is 0 Å². The van der Waals surface area contributed by atoms with Crippen LogP contribution in [0.25, 0.3) is 0 Å². The van der Waals surface area contributed by atoms with E-state index in [-0.39, 0.29) is 0 Å². The van der Waals surface area contributed by atoms with E-state index in [1.54, 1.807) is 18.4 Å². The monoisotopic (exact) mass is 313 g/mol. The van der Waals surface area contributed by atoms with Crippen molar-refractivity contribution in [1.82, 2.24) is 10.3 Å². The van der Waals surface area contributed by atoms with Gasteiger partial charge >= 0.3 is 0 Å². The average molecular weight is 313 g/mol. The number of thiazole rings is 1. The van der Waals surface area contributed by atoms with Crippen LogP contribution < -0.4 is 10.2 Å². The van der Waals surface area contributed by atoms with E-state index >= 15 is 0 Å². The molecule has 1 fully saturated rings. The second kappa shape index (κ2) is 8.68. The summed E-state index contributed by atoms with van der Waals surface area (Å²) in [5.74, 6) is 0. The molecule has 1 aromatic heterocycles. The van der Waals surface area contributed by atoms with Crippen molar-refractivity contribution >= 4 is 16.5 Å². The van der Waals surface area contributed by atoms with Crippen molar-refractivity contribution in [3.8, 4) is 0 Å². The lowest BCUT2D eigenvalue weighted by Crippen LogP contribution is -2.36. The van der Waals surface area contributed by atoms with Crippen molar-refractivity contribution in [2.75, 3.05) is 38.8 Å². The number of aromatic nitrogens is 1. The summed E-state index contributed by atoms with van der Waals surface area (Å²) in [6.45, 7) is 6.40. The van der Waals surface area contributed by atoms with Gasteiger partial charge in [0.05, 0.1) is 12.3 Å². The van der Waals surface area contributed by atoms with E-state index < -0.39 is 0 Å². The number of hydrogen-bond donors (Lipinski definition) is 1. The minimum absolute atomic E-state index is 0.539. The zero-order valence-electron chi connectivity index (χ0n) is 13.4. The highest BCUT2D eigenvalue weighted by molar-refractivity contribution is 7.15. The quantitative estimate of drug-likeness (QED) is 0.747.